The highest BCUT2D eigenvalue weighted by molar-refractivity contribution is 5.80. The monoisotopic (exact) mass is 297 g/mol. The first-order valence-corrected chi connectivity index (χ1v) is 7.64. The fourth-order valence-electron chi connectivity index (χ4n) is 2.14. The van der Waals surface area contributed by atoms with Crippen molar-refractivity contribution in [3.63, 3.8) is 0 Å². The van der Waals surface area contributed by atoms with Gasteiger partial charge in [-0.3, -0.25) is 9.78 Å². The predicted molar refractivity (Wildman–Crippen MR) is 89.9 cm³/mol. The molecular formula is C18H23N3O. The van der Waals surface area contributed by atoms with Crippen LogP contribution in [0.3, 0.4) is 0 Å². The zero-order chi connectivity index (χ0) is 15.8. The van der Waals surface area contributed by atoms with E-state index in [1.807, 2.05) is 31.3 Å². The number of aromatic nitrogens is 1. The Morgan fingerprint density at radius 1 is 1.09 bits per heavy atom. The SMILES string of the molecule is CCc1ccc(NCC(=O)N(C)CCc2ccncc2)cc1. The normalized spacial score (nSPS) is 10.3. The Labute approximate surface area is 132 Å². The second-order valence-corrected chi connectivity index (χ2v) is 5.32. The summed E-state index contributed by atoms with van der Waals surface area (Å²) in [5, 5.41) is 3.17. The number of hydrogen-bond donors (Lipinski definition) is 1. The zero-order valence-electron chi connectivity index (χ0n) is 13.2. The summed E-state index contributed by atoms with van der Waals surface area (Å²) >= 11 is 0. The maximum Gasteiger partial charge on any atom is 0.241 e. The highest BCUT2D eigenvalue weighted by atomic mass is 16.2. The van der Waals surface area contributed by atoms with Gasteiger partial charge < -0.3 is 10.2 Å². The Balaban J connectivity index is 1.76. The average Bonchev–Trinajstić information content (AvgIpc) is 2.58. The maximum absolute atomic E-state index is 12.1. The molecule has 0 aliphatic carbocycles. The van der Waals surface area contributed by atoms with Gasteiger partial charge in [-0.2, -0.15) is 0 Å². The minimum absolute atomic E-state index is 0.0913. The first-order valence-electron chi connectivity index (χ1n) is 7.64. The van der Waals surface area contributed by atoms with Crippen LogP contribution in [0.5, 0.6) is 0 Å². The summed E-state index contributed by atoms with van der Waals surface area (Å²) in [6.45, 7) is 3.15. The molecule has 1 amide bonds. The number of pyridine rings is 1. The van der Waals surface area contributed by atoms with Gasteiger partial charge >= 0.3 is 0 Å². The molecular weight excluding hydrogens is 274 g/mol. The Morgan fingerprint density at radius 2 is 1.77 bits per heavy atom. The van der Waals surface area contributed by atoms with Crippen LogP contribution in [0.25, 0.3) is 0 Å². The number of hydrogen-bond acceptors (Lipinski definition) is 3. The quantitative estimate of drug-likeness (QED) is 0.854. The van der Waals surface area contributed by atoms with Crippen LogP contribution >= 0.6 is 0 Å². The highest BCUT2D eigenvalue weighted by Gasteiger charge is 2.08. The predicted octanol–water partition coefficient (Wildman–Crippen LogP) is 2.76. The molecule has 0 aliphatic rings. The van der Waals surface area contributed by atoms with E-state index in [1.165, 1.54) is 11.1 Å². The van der Waals surface area contributed by atoms with Gasteiger partial charge in [0, 0.05) is 31.7 Å². The third-order valence-corrected chi connectivity index (χ3v) is 3.72. The fraction of sp³-hybridized carbons (Fsp3) is 0.333. The van der Waals surface area contributed by atoms with Crippen molar-refractivity contribution in [3.05, 3.63) is 59.9 Å². The number of anilines is 1. The van der Waals surface area contributed by atoms with E-state index < -0.39 is 0 Å². The van der Waals surface area contributed by atoms with E-state index in [1.54, 1.807) is 17.3 Å². The van der Waals surface area contributed by atoms with E-state index in [-0.39, 0.29) is 5.91 Å². The van der Waals surface area contributed by atoms with Crippen LogP contribution in [-0.4, -0.2) is 35.9 Å². The molecule has 4 nitrogen and oxygen atoms in total. The van der Waals surface area contributed by atoms with E-state index in [4.69, 9.17) is 0 Å². The lowest BCUT2D eigenvalue weighted by Gasteiger charge is -2.18. The number of rotatable bonds is 7. The number of benzene rings is 1. The molecule has 1 aromatic heterocycles. The molecule has 0 atom stereocenters. The Morgan fingerprint density at radius 3 is 2.41 bits per heavy atom. The number of aryl methyl sites for hydroxylation is 1. The van der Waals surface area contributed by atoms with Gasteiger partial charge in [0.2, 0.25) is 5.91 Å². The van der Waals surface area contributed by atoms with Crippen LogP contribution in [0.1, 0.15) is 18.1 Å². The Hall–Kier alpha value is -2.36. The fourth-order valence-corrected chi connectivity index (χ4v) is 2.14. The van der Waals surface area contributed by atoms with Crippen molar-refractivity contribution in [2.75, 3.05) is 25.5 Å². The van der Waals surface area contributed by atoms with Crippen molar-refractivity contribution >= 4 is 11.6 Å². The van der Waals surface area contributed by atoms with Crippen LogP contribution < -0.4 is 5.32 Å². The van der Waals surface area contributed by atoms with Crippen molar-refractivity contribution in [1.82, 2.24) is 9.88 Å². The van der Waals surface area contributed by atoms with Crippen molar-refractivity contribution in [2.24, 2.45) is 0 Å². The van der Waals surface area contributed by atoms with Crippen LogP contribution in [0, 0.1) is 0 Å². The number of carbonyl (C=O) groups excluding carboxylic acids is 1. The molecule has 0 radical (unpaired) electrons. The average molecular weight is 297 g/mol. The van der Waals surface area contributed by atoms with E-state index in [0.29, 0.717) is 13.1 Å². The van der Waals surface area contributed by atoms with Gasteiger partial charge in [-0.05, 0) is 48.2 Å². The summed E-state index contributed by atoms with van der Waals surface area (Å²) in [5.74, 6) is 0.0913. The molecule has 2 rings (SSSR count). The summed E-state index contributed by atoms with van der Waals surface area (Å²) in [5.41, 5.74) is 3.47. The van der Waals surface area contributed by atoms with Gasteiger partial charge in [0.05, 0.1) is 6.54 Å². The van der Waals surface area contributed by atoms with Gasteiger partial charge in [0.1, 0.15) is 0 Å². The number of carbonyl (C=O) groups is 1. The van der Waals surface area contributed by atoms with Gasteiger partial charge in [-0.25, -0.2) is 0 Å². The van der Waals surface area contributed by atoms with Gasteiger partial charge in [-0.1, -0.05) is 19.1 Å². The van der Waals surface area contributed by atoms with Gasteiger partial charge in [0.25, 0.3) is 0 Å². The summed E-state index contributed by atoms with van der Waals surface area (Å²) in [6, 6.07) is 12.2. The second-order valence-electron chi connectivity index (χ2n) is 5.32. The third-order valence-electron chi connectivity index (χ3n) is 3.72. The van der Waals surface area contributed by atoms with Crippen LogP contribution in [0.15, 0.2) is 48.8 Å². The number of likely N-dealkylation sites (N-methyl/N-ethyl adjacent to an activating group) is 1. The minimum Gasteiger partial charge on any atom is -0.376 e. The van der Waals surface area contributed by atoms with Crippen LogP contribution in [-0.2, 0) is 17.6 Å². The molecule has 0 fully saturated rings. The van der Waals surface area contributed by atoms with Crippen molar-refractivity contribution < 1.29 is 4.79 Å². The third kappa shape index (κ3) is 4.88. The van der Waals surface area contributed by atoms with Crippen LogP contribution in [0.2, 0.25) is 0 Å². The highest BCUT2D eigenvalue weighted by Crippen LogP contribution is 2.09. The topological polar surface area (TPSA) is 45.2 Å². The first-order chi connectivity index (χ1) is 10.7. The summed E-state index contributed by atoms with van der Waals surface area (Å²) in [7, 11) is 1.84. The number of nitrogens with zero attached hydrogens (tertiary/aromatic N) is 2. The van der Waals surface area contributed by atoms with E-state index in [9.17, 15) is 4.79 Å². The molecule has 1 heterocycles. The summed E-state index contributed by atoms with van der Waals surface area (Å²) in [4.78, 5) is 17.9. The van der Waals surface area contributed by atoms with Crippen molar-refractivity contribution in [2.45, 2.75) is 19.8 Å². The minimum atomic E-state index is 0.0913. The number of amides is 1. The lowest BCUT2D eigenvalue weighted by atomic mass is 10.1. The molecule has 1 N–H and O–H groups in total. The molecule has 1 aromatic carbocycles. The molecule has 4 heteroatoms. The molecule has 0 bridgehead atoms. The van der Waals surface area contributed by atoms with Crippen molar-refractivity contribution in [3.8, 4) is 0 Å². The lowest BCUT2D eigenvalue weighted by Crippen LogP contribution is -2.33. The molecule has 0 unspecified atom stereocenters. The largest absolute Gasteiger partial charge is 0.376 e. The van der Waals surface area contributed by atoms with E-state index >= 15 is 0 Å². The smallest absolute Gasteiger partial charge is 0.241 e. The molecule has 116 valence electrons. The first kappa shape index (κ1) is 16.0. The molecule has 2 aromatic rings. The molecule has 0 saturated carbocycles. The van der Waals surface area contributed by atoms with Gasteiger partial charge in [0.15, 0.2) is 0 Å². The van der Waals surface area contributed by atoms with E-state index in [0.717, 1.165) is 18.5 Å². The van der Waals surface area contributed by atoms with Gasteiger partial charge in [-0.15, -0.1) is 0 Å². The molecule has 0 spiro atoms. The van der Waals surface area contributed by atoms with Crippen molar-refractivity contribution in [1.29, 1.82) is 0 Å². The second kappa shape index (κ2) is 8.17. The van der Waals surface area contributed by atoms with E-state index in [2.05, 4.69) is 29.4 Å². The maximum atomic E-state index is 12.1. The number of nitrogens with one attached hydrogen (secondary N) is 1. The van der Waals surface area contributed by atoms with Crippen LogP contribution in [0.4, 0.5) is 5.69 Å². The summed E-state index contributed by atoms with van der Waals surface area (Å²) in [6.07, 6.45) is 5.42. The molecule has 0 saturated heterocycles. The Bertz CT molecular complexity index is 581. The molecule has 22 heavy (non-hydrogen) atoms. The Kier molecular flexibility index (Phi) is 5.95. The lowest BCUT2D eigenvalue weighted by molar-refractivity contribution is -0.127. The molecule has 0 aliphatic heterocycles. The zero-order valence-corrected chi connectivity index (χ0v) is 13.2. The summed E-state index contributed by atoms with van der Waals surface area (Å²) < 4.78 is 0. The standard InChI is InChI=1S/C18H23N3O/c1-3-15-4-6-17(7-5-15)20-14-18(22)21(2)13-10-16-8-11-19-12-9-16/h4-9,11-12,20H,3,10,13-14H2,1-2H3.